The fraction of sp³-hybridized carbons (Fsp3) is 0.0714. The van der Waals surface area contributed by atoms with Gasteiger partial charge in [0.1, 0.15) is 11.6 Å². The first-order chi connectivity index (χ1) is 9.78. The van der Waals surface area contributed by atoms with Crippen LogP contribution in [0.4, 0.5) is 5.82 Å². The zero-order valence-corrected chi connectivity index (χ0v) is 10.9. The highest BCUT2D eigenvalue weighted by Crippen LogP contribution is 2.25. The lowest BCUT2D eigenvalue weighted by molar-refractivity contribution is 0.415. The van der Waals surface area contributed by atoms with Crippen molar-refractivity contribution in [2.75, 3.05) is 12.8 Å². The molecule has 1 aromatic carbocycles. The molecule has 0 amide bonds. The van der Waals surface area contributed by atoms with Gasteiger partial charge in [0, 0.05) is 24.0 Å². The van der Waals surface area contributed by atoms with Gasteiger partial charge < -0.3 is 10.5 Å². The van der Waals surface area contributed by atoms with Crippen LogP contribution in [0.25, 0.3) is 17.1 Å². The molecular weight excluding hydrogens is 254 g/mol. The normalized spacial score (nSPS) is 10.4. The lowest BCUT2D eigenvalue weighted by atomic mass is 10.1. The molecule has 0 unspecified atom stereocenters. The smallest absolute Gasteiger partial charge is 0.174 e. The molecule has 3 aromatic rings. The van der Waals surface area contributed by atoms with Gasteiger partial charge in [0.25, 0.3) is 0 Å². The number of benzene rings is 1. The Balaban J connectivity index is 2.04. The third-order valence-corrected chi connectivity index (χ3v) is 2.87. The minimum absolute atomic E-state index is 0.503. The van der Waals surface area contributed by atoms with Crippen LogP contribution in [0.5, 0.6) is 5.75 Å². The molecule has 6 nitrogen and oxygen atoms in total. The summed E-state index contributed by atoms with van der Waals surface area (Å²) in [5.74, 6) is 1.86. The standard InChI is InChI=1S/C14H13N5O/c1-20-11-4-2-3-10(7-11)12-8-13(15)19(18-12)14-9-16-5-6-17-14/h2-9H,15H2,1H3. The first-order valence-electron chi connectivity index (χ1n) is 6.04. The Bertz CT molecular complexity index is 723. The highest BCUT2D eigenvalue weighted by Gasteiger charge is 2.10. The molecule has 0 aliphatic carbocycles. The lowest BCUT2D eigenvalue weighted by Gasteiger charge is -2.02. The van der Waals surface area contributed by atoms with E-state index in [0.29, 0.717) is 11.6 Å². The molecule has 3 rings (SSSR count). The highest BCUT2D eigenvalue weighted by molar-refractivity contribution is 5.64. The minimum atomic E-state index is 0.503. The molecular formula is C14H13N5O. The number of hydrogen-bond acceptors (Lipinski definition) is 5. The maximum Gasteiger partial charge on any atom is 0.174 e. The van der Waals surface area contributed by atoms with E-state index in [2.05, 4.69) is 15.1 Å². The van der Waals surface area contributed by atoms with E-state index in [0.717, 1.165) is 17.0 Å². The molecule has 2 N–H and O–H groups in total. The molecule has 0 spiro atoms. The summed E-state index contributed by atoms with van der Waals surface area (Å²) >= 11 is 0. The Hall–Kier alpha value is -2.89. The molecule has 0 aliphatic heterocycles. The number of nitrogen functional groups attached to an aromatic ring is 1. The summed E-state index contributed by atoms with van der Waals surface area (Å²) in [6.45, 7) is 0. The van der Waals surface area contributed by atoms with Crippen molar-refractivity contribution in [2.24, 2.45) is 0 Å². The van der Waals surface area contributed by atoms with Crippen LogP contribution in [0, 0.1) is 0 Å². The van der Waals surface area contributed by atoms with E-state index < -0.39 is 0 Å². The first-order valence-corrected chi connectivity index (χ1v) is 6.04. The molecule has 2 heterocycles. The van der Waals surface area contributed by atoms with Crippen molar-refractivity contribution in [1.29, 1.82) is 0 Å². The van der Waals surface area contributed by atoms with Crippen molar-refractivity contribution < 1.29 is 4.74 Å². The summed E-state index contributed by atoms with van der Waals surface area (Å²) in [7, 11) is 1.63. The minimum Gasteiger partial charge on any atom is -0.497 e. The Labute approximate surface area is 115 Å². The second-order valence-electron chi connectivity index (χ2n) is 4.16. The number of anilines is 1. The van der Waals surface area contributed by atoms with Crippen LogP contribution in [0.3, 0.4) is 0 Å². The highest BCUT2D eigenvalue weighted by atomic mass is 16.5. The van der Waals surface area contributed by atoms with Gasteiger partial charge in [-0.15, -0.1) is 0 Å². The molecule has 0 atom stereocenters. The van der Waals surface area contributed by atoms with Gasteiger partial charge in [-0.05, 0) is 12.1 Å². The molecule has 0 saturated carbocycles. The number of aromatic nitrogens is 4. The summed E-state index contributed by atoms with van der Waals surface area (Å²) in [6, 6.07) is 9.44. The fourth-order valence-electron chi connectivity index (χ4n) is 1.90. The molecule has 2 aromatic heterocycles. The van der Waals surface area contributed by atoms with Crippen LogP contribution < -0.4 is 10.5 Å². The fourth-order valence-corrected chi connectivity index (χ4v) is 1.90. The van der Waals surface area contributed by atoms with Crippen molar-refractivity contribution in [2.45, 2.75) is 0 Å². The number of nitrogens with zero attached hydrogens (tertiary/aromatic N) is 4. The number of methoxy groups -OCH3 is 1. The van der Waals surface area contributed by atoms with E-state index in [4.69, 9.17) is 10.5 Å². The van der Waals surface area contributed by atoms with Crippen molar-refractivity contribution in [3.8, 4) is 22.8 Å². The third-order valence-electron chi connectivity index (χ3n) is 2.87. The van der Waals surface area contributed by atoms with Gasteiger partial charge in [0.05, 0.1) is 19.0 Å². The average molecular weight is 267 g/mol. The Morgan fingerprint density at radius 3 is 2.85 bits per heavy atom. The SMILES string of the molecule is COc1cccc(-c2cc(N)n(-c3cnccn3)n2)c1. The van der Waals surface area contributed by atoms with E-state index in [1.54, 1.807) is 36.4 Å². The van der Waals surface area contributed by atoms with Gasteiger partial charge in [-0.3, -0.25) is 4.98 Å². The maximum atomic E-state index is 5.98. The Morgan fingerprint density at radius 1 is 1.20 bits per heavy atom. The molecule has 0 saturated heterocycles. The molecule has 0 aliphatic rings. The number of nitrogens with two attached hydrogens (primary N) is 1. The van der Waals surface area contributed by atoms with Crippen LogP contribution in [0.15, 0.2) is 48.9 Å². The molecule has 0 radical (unpaired) electrons. The zero-order valence-electron chi connectivity index (χ0n) is 10.9. The van der Waals surface area contributed by atoms with Crippen molar-refractivity contribution in [3.05, 3.63) is 48.9 Å². The quantitative estimate of drug-likeness (QED) is 0.784. The second kappa shape index (κ2) is 5.00. The average Bonchev–Trinajstić information content (AvgIpc) is 2.90. The summed E-state index contributed by atoms with van der Waals surface area (Å²) < 4.78 is 6.77. The van der Waals surface area contributed by atoms with Gasteiger partial charge in [-0.25, -0.2) is 4.98 Å². The summed E-state index contributed by atoms with van der Waals surface area (Å²) in [5, 5.41) is 4.46. The molecule has 20 heavy (non-hydrogen) atoms. The largest absolute Gasteiger partial charge is 0.497 e. The van der Waals surface area contributed by atoms with Crippen molar-refractivity contribution in [3.63, 3.8) is 0 Å². The number of hydrogen-bond donors (Lipinski definition) is 1. The third kappa shape index (κ3) is 2.18. The van der Waals surface area contributed by atoms with Gasteiger partial charge in [0.2, 0.25) is 0 Å². The topological polar surface area (TPSA) is 78.9 Å². The lowest BCUT2D eigenvalue weighted by Crippen LogP contribution is -2.03. The van der Waals surface area contributed by atoms with Crippen LogP contribution >= 0.6 is 0 Å². The van der Waals surface area contributed by atoms with Crippen molar-refractivity contribution in [1.82, 2.24) is 19.7 Å². The van der Waals surface area contributed by atoms with E-state index in [1.165, 1.54) is 0 Å². The molecule has 0 bridgehead atoms. The molecule has 0 fully saturated rings. The van der Waals surface area contributed by atoms with Gasteiger partial charge in [-0.1, -0.05) is 12.1 Å². The zero-order chi connectivity index (χ0) is 13.9. The predicted octanol–water partition coefficient (Wildman–Crippen LogP) is 1.92. The van der Waals surface area contributed by atoms with Crippen LogP contribution in [0.1, 0.15) is 0 Å². The van der Waals surface area contributed by atoms with E-state index in [-0.39, 0.29) is 0 Å². The number of rotatable bonds is 3. The van der Waals surface area contributed by atoms with Gasteiger partial charge in [-0.2, -0.15) is 9.78 Å². The maximum absolute atomic E-state index is 5.98. The monoisotopic (exact) mass is 267 g/mol. The summed E-state index contributed by atoms with van der Waals surface area (Å²) in [5.41, 5.74) is 7.67. The predicted molar refractivity (Wildman–Crippen MR) is 75.6 cm³/mol. The van der Waals surface area contributed by atoms with Gasteiger partial charge in [0.15, 0.2) is 5.82 Å². The molecule has 6 heteroatoms. The van der Waals surface area contributed by atoms with Crippen LogP contribution in [-0.2, 0) is 0 Å². The Kier molecular flexibility index (Phi) is 3.04. The van der Waals surface area contributed by atoms with E-state index in [9.17, 15) is 0 Å². The van der Waals surface area contributed by atoms with E-state index in [1.807, 2.05) is 24.3 Å². The van der Waals surface area contributed by atoms with Crippen LogP contribution in [0.2, 0.25) is 0 Å². The van der Waals surface area contributed by atoms with Gasteiger partial charge >= 0.3 is 0 Å². The van der Waals surface area contributed by atoms with Crippen LogP contribution in [-0.4, -0.2) is 26.9 Å². The number of ether oxygens (including phenoxy) is 1. The second-order valence-corrected chi connectivity index (χ2v) is 4.16. The molecule has 100 valence electrons. The van der Waals surface area contributed by atoms with Crippen molar-refractivity contribution >= 4 is 5.82 Å². The first kappa shape index (κ1) is 12.2. The Morgan fingerprint density at radius 2 is 2.10 bits per heavy atom. The van der Waals surface area contributed by atoms with E-state index >= 15 is 0 Å². The summed E-state index contributed by atoms with van der Waals surface area (Å²) in [6.07, 6.45) is 4.81. The summed E-state index contributed by atoms with van der Waals surface area (Å²) in [4.78, 5) is 8.20.